The number of likely N-dealkylation sites (tertiary alicyclic amines) is 1. The van der Waals surface area contributed by atoms with Crippen LogP contribution in [0.25, 0.3) is 10.9 Å². The molecule has 0 saturated carbocycles. The molecule has 1 N–H and O–H groups in total. The molecule has 1 fully saturated rings. The SMILES string of the molecule is CCOP(=O)(COc1ccc2c(c1)c(C(C)=O)cn2CC(=O)N1C[C@H](F)C[C@H]1C(=O)NCc1cccc(Cl)c1F)OCC. The van der Waals surface area contributed by atoms with E-state index in [0.717, 1.165) is 4.90 Å². The summed E-state index contributed by atoms with van der Waals surface area (Å²) in [4.78, 5) is 40.0. The highest BCUT2D eigenvalue weighted by Crippen LogP contribution is 2.48. The highest BCUT2D eigenvalue weighted by Gasteiger charge is 2.40. The van der Waals surface area contributed by atoms with Crippen LogP contribution in [0.15, 0.2) is 42.6 Å². The minimum absolute atomic E-state index is 0.0909. The summed E-state index contributed by atoms with van der Waals surface area (Å²) in [7, 11) is -3.48. The molecule has 1 aromatic heterocycles. The zero-order chi connectivity index (χ0) is 31.3. The van der Waals surface area contributed by atoms with Crippen molar-refractivity contribution in [2.24, 2.45) is 0 Å². The Morgan fingerprint density at radius 3 is 2.53 bits per heavy atom. The number of amides is 2. The Morgan fingerprint density at radius 2 is 1.86 bits per heavy atom. The summed E-state index contributed by atoms with van der Waals surface area (Å²) in [5.74, 6) is -1.77. The Balaban J connectivity index is 1.50. The molecule has 2 aromatic carbocycles. The van der Waals surface area contributed by atoms with Crippen molar-refractivity contribution in [3.05, 3.63) is 64.6 Å². The minimum Gasteiger partial charge on any atom is -0.481 e. The van der Waals surface area contributed by atoms with Gasteiger partial charge in [0.05, 0.1) is 24.8 Å². The maximum absolute atomic E-state index is 14.5. The molecule has 3 aromatic rings. The molecule has 2 atom stereocenters. The number of aromatic nitrogens is 1. The van der Waals surface area contributed by atoms with Gasteiger partial charge in [0.25, 0.3) is 0 Å². The average Bonchev–Trinajstić information content (AvgIpc) is 3.53. The number of Topliss-reactive ketones (excluding diaryl/α,β-unsaturated/α-hetero) is 1. The first kappa shape index (κ1) is 32.6. The second-order valence-electron chi connectivity index (χ2n) is 9.95. The molecular weight excluding hydrogens is 607 g/mol. The van der Waals surface area contributed by atoms with Gasteiger partial charge in [0.1, 0.15) is 30.3 Å². The van der Waals surface area contributed by atoms with Crippen LogP contribution in [0, 0.1) is 5.82 Å². The Labute approximate surface area is 252 Å². The minimum atomic E-state index is -3.48. The molecule has 1 aliphatic rings. The summed E-state index contributed by atoms with van der Waals surface area (Å²) in [6.45, 7) is 4.37. The lowest BCUT2D eigenvalue weighted by Crippen LogP contribution is -2.46. The summed E-state index contributed by atoms with van der Waals surface area (Å²) >= 11 is 5.80. The topological polar surface area (TPSA) is 116 Å². The maximum Gasteiger partial charge on any atom is 0.367 e. The molecule has 43 heavy (non-hydrogen) atoms. The van der Waals surface area contributed by atoms with Crippen molar-refractivity contribution in [2.75, 3.05) is 26.1 Å². The summed E-state index contributed by atoms with van der Waals surface area (Å²) in [5, 5.41) is 2.97. The number of rotatable bonds is 13. The number of fused-ring (bicyclic) bond motifs is 1. The van der Waals surface area contributed by atoms with E-state index in [-0.39, 0.29) is 62.0 Å². The van der Waals surface area contributed by atoms with Gasteiger partial charge >= 0.3 is 7.60 Å². The van der Waals surface area contributed by atoms with Gasteiger partial charge in [-0.25, -0.2) is 8.78 Å². The van der Waals surface area contributed by atoms with E-state index in [0.29, 0.717) is 22.2 Å². The van der Waals surface area contributed by atoms with Gasteiger partial charge in [-0.2, -0.15) is 0 Å². The Bertz CT molecular complexity index is 1560. The number of nitrogens with zero attached hydrogens (tertiary/aromatic N) is 2. The van der Waals surface area contributed by atoms with Crippen molar-refractivity contribution in [2.45, 2.75) is 52.5 Å². The van der Waals surface area contributed by atoms with Gasteiger partial charge in [-0.3, -0.25) is 18.9 Å². The van der Waals surface area contributed by atoms with Gasteiger partial charge in [0, 0.05) is 41.2 Å². The molecule has 1 aliphatic heterocycles. The van der Waals surface area contributed by atoms with Crippen molar-refractivity contribution in [1.82, 2.24) is 14.8 Å². The zero-order valence-electron chi connectivity index (χ0n) is 24.0. The number of halogens is 3. The molecule has 0 unspecified atom stereocenters. The first-order valence-corrected chi connectivity index (χ1v) is 15.9. The Morgan fingerprint density at radius 1 is 1.14 bits per heavy atom. The number of ketones is 1. The number of nitrogens with one attached hydrogen (secondary N) is 1. The van der Waals surface area contributed by atoms with E-state index in [4.69, 9.17) is 25.4 Å². The van der Waals surface area contributed by atoms with Crippen LogP contribution >= 0.6 is 19.2 Å². The molecule has 0 bridgehead atoms. The smallest absolute Gasteiger partial charge is 0.367 e. The largest absolute Gasteiger partial charge is 0.481 e. The number of alkyl halides is 1. The van der Waals surface area contributed by atoms with Crippen molar-refractivity contribution < 1.29 is 41.5 Å². The van der Waals surface area contributed by atoms with Gasteiger partial charge < -0.3 is 28.6 Å². The number of hydrogen-bond acceptors (Lipinski definition) is 7. The van der Waals surface area contributed by atoms with Gasteiger partial charge in [0.15, 0.2) is 12.1 Å². The van der Waals surface area contributed by atoms with E-state index in [9.17, 15) is 27.7 Å². The van der Waals surface area contributed by atoms with Crippen LogP contribution in [0.2, 0.25) is 5.02 Å². The molecule has 232 valence electrons. The maximum atomic E-state index is 14.5. The number of hydrogen-bond donors (Lipinski definition) is 1. The van der Waals surface area contributed by atoms with E-state index in [1.165, 1.54) is 25.3 Å². The van der Waals surface area contributed by atoms with Crippen molar-refractivity contribution >= 4 is 47.7 Å². The molecule has 0 radical (unpaired) electrons. The summed E-state index contributed by atoms with van der Waals surface area (Å²) in [5.41, 5.74) is 0.997. The van der Waals surface area contributed by atoms with E-state index in [1.807, 2.05) is 0 Å². The molecular formula is C29H33ClF2N3O7P. The molecule has 2 heterocycles. The van der Waals surface area contributed by atoms with Crippen LogP contribution in [0.1, 0.15) is 43.1 Å². The van der Waals surface area contributed by atoms with Crippen LogP contribution < -0.4 is 10.1 Å². The van der Waals surface area contributed by atoms with Crippen LogP contribution in [0.5, 0.6) is 5.75 Å². The predicted octanol–water partition coefficient (Wildman–Crippen LogP) is 5.49. The van der Waals surface area contributed by atoms with Gasteiger partial charge in [-0.1, -0.05) is 23.7 Å². The van der Waals surface area contributed by atoms with Crippen LogP contribution in [-0.4, -0.2) is 65.4 Å². The second kappa shape index (κ2) is 14.0. The molecule has 4 rings (SSSR count). The van der Waals surface area contributed by atoms with E-state index >= 15 is 0 Å². The van der Waals surface area contributed by atoms with Crippen LogP contribution in [0.4, 0.5) is 8.78 Å². The van der Waals surface area contributed by atoms with Gasteiger partial charge in [-0.05, 0) is 45.0 Å². The van der Waals surface area contributed by atoms with E-state index in [2.05, 4.69) is 5.32 Å². The van der Waals surface area contributed by atoms with Crippen molar-refractivity contribution in [1.29, 1.82) is 0 Å². The van der Waals surface area contributed by atoms with Gasteiger partial charge in [-0.15, -0.1) is 0 Å². The lowest BCUT2D eigenvalue weighted by Gasteiger charge is -2.24. The molecule has 14 heteroatoms. The second-order valence-corrected chi connectivity index (χ2v) is 12.4. The lowest BCUT2D eigenvalue weighted by molar-refractivity contribution is -0.139. The molecule has 0 aliphatic carbocycles. The van der Waals surface area contributed by atoms with Gasteiger partial charge in [0.2, 0.25) is 11.8 Å². The highest BCUT2D eigenvalue weighted by atomic mass is 35.5. The first-order chi connectivity index (χ1) is 20.5. The van der Waals surface area contributed by atoms with E-state index in [1.54, 1.807) is 42.7 Å². The fourth-order valence-corrected chi connectivity index (χ4v) is 6.48. The zero-order valence-corrected chi connectivity index (χ0v) is 25.6. The quantitative estimate of drug-likeness (QED) is 0.194. The normalized spacial score (nSPS) is 16.9. The molecule has 2 amide bonds. The molecule has 0 spiro atoms. The highest BCUT2D eigenvalue weighted by molar-refractivity contribution is 7.53. The Kier molecular flexibility index (Phi) is 10.6. The molecule has 1 saturated heterocycles. The first-order valence-electron chi connectivity index (χ1n) is 13.7. The number of benzene rings is 2. The Hall–Kier alpha value is -3.31. The van der Waals surface area contributed by atoms with Crippen molar-refractivity contribution in [3.8, 4) is 5.75 Å². The van der Waals surface area contributed by atoms with Crippen LogP contribution in [-0.2, 0) is 36.3 Å². The fourth-order valence-electron chi connectivity index (χ4n) is 4.97. The standard InChI is InChI=1S/C29H33ClF2N3O7P/c1-4-41-43(39,42-5-2)17-40-21-9-10-25-22(12-21)23(18(3)36)15-34(25)16-27(37)35-14-20(31)11-26(35)29(38)33-13-19-7-6-8-24(30)28(19)32/h6-10,12,15,20,26H,4-5,11,13-14,16-17H2,1-3H3,(H,33,38)/t20-,26+/m1/s1. The summed E-state index contributed by atoms with van der Waals surface area (Å²) < 4.78 is 59.2. The average molecular weight is 640 g/mol. The number of carbonyl (C=O) groups is 3. The predicted molar refractivity (Wildman–Crippen MR) is 157 cm³/mol. The number of ether oxygens (including phenoxy) is 1. The summed E-state index contributed by atoms with van der Waals surface area (Å²) in [6.07, 6.45) is -0.433. The van der Waals surface area contributed by atoms with E-state index < -0.39 is 37.4 Å². The lowest BCUT2D eigenvalue weighted by atomic mass is 10.1. The van der Waals surface area contributed by atoms with Crippen molar-refractivity contribution in [3.63, 3.8) is 0 Å². The third kappa shape index (κ3) is 7.62. The third-order valence-electron chi connectivity index (χ3n) is 6.94. The third-order valence-corrected chi connectivity index (χ3v) is 8.98. The summed E-state index contributed by atoms with van der Waals surface area (Å²) in [6, 6.07) is 8.12. The fraction of sp³-hybridized carbons (Fsp3) is 0.414. The monoisotopic (exact) mass is 639 g/mol. The number of carbonyl (C=O) groups excluding carboxylic acids is 3. The molecule has 10 nitrogen and oxygen atoms in total. The van der Waals surface area contributed by atoms with Crippen LogP contribution in [0.3, 0.4) is 0 Å².